The Morgan fingerprint density at radius 2 is 1.89 bits per heavy atom. The lowest BCUT2D eigenvalue weighted by atomic mass is 10.1. The molecule has 3 aromatic rings. The van der Waals surface area contributed by atoms with Crippen LogP contribution in [-0.2, 0) is 6.54 Å². The molecule has 148 valence electrons. The number of fused-ring (bicyclic) bond motifs is 1. The van der Waals surface area contributed by atoms with Crippen LogP contribution in [0.4, 0.5) is 11.4 Å². The van der Waals surface area contributed by atoms with E-state index in [-0.39, 0.29) is 11.6 Å². The zero-order valence-corrected chi connectivity index (χ0v) is 16.4. The number of carbonyl (C=O) groups excluding carboxylic acids is 1. The summed E-state index contributed by atoms with van der Waals surface area (Å²) in [4.78, 5) is 17.1. The Hall–Kier alpha value is -2.94. The Balaban J connectivity index is 1.62. The first-order valence-corrected chi connectivity index (χ1v) is 9.46. The molecule has 1 N–H and O–H groups in total. The lowest BCUT2D eigenvalue weighted by molar-refractivity contribution is 0.101. The number of hydrogen-bond acceptors (Lipinski definition) is 8. The average Bonchev–Trinajstić information content (AvgIpc) is 3.30. The van der Waals surface area contributed by atoms with E-state index in [0.29, 0.717) is 29.0 Å². The number of aromatic nitrogens is 3. The summed E-state index contributed by atoms with van der Waals surface area (Å²) in [7, 11) is 3.86. The number of nitrogens with zero attached hydrogens (tertiary/aromatic N) is 5. The molecule has 1 aliphatic rings. The second-order valence-corrected chi connectivity index (χ2v) is 7.40. The monoisotopic (exact) mass is 384 g/mol. The molecule has 9 nitrogen and oxygen atoms in total. The van der Waals surface area contributed by atoms with Crippen molar-refractivity contribution in [2.75, 3.05) is 37.4 Å². The zero-order valence-electron chi connectivity index (χ0n) is 16.4. The van der Waals surface area contributed by atoms with Crippen LogP contribution in [-0.4, -0.2) is 53.5 Å². The van der Waals surface area contributed by atoms with Crippen LogP contribution in [0, 0.1) is 6.92 Å². The first-order chi connectivity index (χ1) is 13.5. The fourth-order valence-corrected chi connectivity index (χ4v) is 3.60. The number of nitrogens with one attached hydrogen (secondary N) is 1. The van der Waals surface area contributed by atoms with Crippen molar-refractivity contribution < 1.29 is 13.9 Å². The molecule has 4 rings (SSSR count). The largest absolute Gasteiger partial charge is 0.370 e. The number of aryl methyl sites for hydroxylation is 1. The minimum Gasteiger partial charge on any atom is -0.370 e. The molecule has 1 saturated heterocycles. The summed E-state index contributed by atoms with van der Waals surface area (Å²) in [6.45, 7) is 4.34. The van der Waals surface area contributed by atoms with Crippen molar-refractivity contribution in [3.8, 4) is 0 Å². The van der Waals surface area contributed by atoms with E-state index in [1.807, 2.05) is 31.1 Å². The van der Waals surface area contributed by atoms with E-state index in [1.54, 1.807) is 6.92 Å². The van der Waals surface area contributed by atoms with Gasteiger partial charge >= 0.3 is 0 Å². The van der Waals surface area contributed by atoms with Crippen LogP contribution in [0.25, 0.3) is 11.0 Å². The standard InChI is InChI=1S/C19H24N6O3/c1-12-13(11-24(2)3)16(21-27-12)19(26)20-14-7-8-15(18-17(14)22-28-23-18)25-9-5-4-6-10-25/h7-8H,4-6,9-11H2,1-3H3,(H,20,26). The molecule has 3 heterocycles. The van der Waals surface area contributed by atoms with Gasteiger partial charge in [0.15, 0.2) is 16.7 Å². The maximum atomic E-state index is 12.8. The average molecular weight is 384 g/mol. The molecule has 2 aromatic heterocycles. The Bertz CT molecular complexity index is 987. The van der Waals surface area contributed by atoms with Crippen molar-refractivity contribution in [1.82, 2.24) is 20.4 Å². The van der Waals surface area contributed by atoms with Gasteiger partial charge in [-0.05, 0) is 62.7 Å². The molecule has 1 fully saturated rings. The lowest BCUT2D eigenvalue weighted by Gasteiger charge is -2.28. The minimum absolute atomic E-state index is 0.274. The third-order valence-corrected chi connectivity index (χ3v) is 5.01. The summed E-state index contributed by atoms with van der Waals surface area (Å²) in [6.07, 6.45) is 3.56. The molecule has 28 heavy (non-hydrogen) atoms. The summed E-state index contributed by atoms with van der Waals surface area (Å²) in [5.41, 5.74) is 3.76. The Kier molecular flexibility index (Phi) is 4.99. The third kappa shape index (κ3) is 3.45. The molecule has 0 atom stereocenters. The van der Waals surface area contributed by atoms with Crippen molar-refractivity contribution in [2.45, 2.75) is 32.7 Å². The number of benzene rings is 1. The molecular weight excluding hydrogens is 360 g/mol. The van der Waals surface area contributed by atoms with Gasteiger partial charge in [0.2, 0.25) is 0 Å². The third-order valence-electron chi connectivity index (χ3n) is 5.01. The van der Waals surface area contributed by atoms with E-state index in [4.69, 9.17) is 9.15 Å². The van der Waals surface area contributed by atoms with Gasteiger partial charge in [0.05, 0.1) is 11.4 Å². The number of amides is 1. The highest BCUT2D eigenvalue weighted by Crippen LogP contribution is 2.32. The fraction of sp³-hybridized carbons (Fsp3) is 0.474. The van der Waals surface area contributed by atoms with E-state index >= 15 is 0 Å². The fourth-order valence-electron chi connectivity index (χ4n) is 3.60. The quantitative estimate of drug-likeness (QED) is 0.717. The first kappa shape index (κ1) is 18.4. The van der Waals surface area contributed by atoms with Gasteiger partial charge in [-0.25, -0.2) is 4.63 Å². The molecule has 0 spiro atoms. The highest BCUT2D eigenvalue weighted by molar-refractivity contribution is 6.09. The Labute approximate surface area is 162 Å². The van der Waals surface area contributed by atoms with Crippen LogP contribution in [0.15, 0.2) is 21.3 Å². The summed E-state index contributed by atoms with van der Waals surface area (Å²) >= 11 is 0. The molecule has 1 aliphatic heterocycles. The first-order valence-electron chi connectivity index (χ1n) is 9.46. The molecule has 1 aromatic carbocycles. The molecule has 0 bridgehead atoms. The van der Waals surface area contributed by atoms with Crippen LogP contribution in [0.2, 0.25) is 0 Å². The van der Waals surface area contributed by atoms with Gasteiger partial charge in [-0.2, -0.15) is 0 Å². The zero-order chi connectivity index (χ0) is 19.7. The molecule has 9 heteroatoms. The van der Waals surface area contributed by atoms with Gasteiger partial charge < -0.3 is 19.6 Å². The van der Waals surface area contributed by atoms with Gasteiger partial charge in [0.25, 0.3) is 5.91 Å². The molecule has 0 unspecified atom stereocenters. The van der Waals surface area contributed by atoms with E-state index in [2.05, 4.69) is 25.7 Å². The number of hydrogen-bond donors (Lipinski definition) is 1. The van der Waals surface area contributed by atoms with E-state index in [0.717, 1.165) is 37.2 Å². The van der Waals surface area contributed by atoms with Crippen LogP contribution >= 0.6 is 0 Å². The molecule has 0 saturated carbocycles. The summed E-state index contributed by atoms with van der Waals surface area (Å²) in [5, 5.41) is 14.9. The summed E-state index contributed by atoms with van der Waals surface area (Å²) in [5.74, 6) is 0.288. The normalized spacial score (nSPS) is 14.8. The summed E-state index contributed by atoms with van der Waals surface area (Å²) < 4.78 is 10.2. The predicted molar refractivity (Wildman–Crippen MR) is 104 cm³/mol. The summed E-state index contributed by atoms with van der Waals surface area (Å²) in [6, 6.07) is 3.80. The van der Waals surface area contributed by atoms with Crippen LogP contribution in [0.5, 0.6) is 0 Å². The van der Waals surface area contributed by atoms with Gasteiger partial charge in [-0.3, -0.25) is 4.79 Å². The van der Waals surface area contributed by atoms with Crippen molar-refractivity contribution in [3.63, 3.8) is 0 Å². The lowest BCUT2D eigenvalue weighted by Crippen LogP contribution is -2.29. The highest BCUT2D eigenvalue weighted by atomic mass is 16.6. The second kappa shape index (κ2) is 7.59. The van der Waals surface area contributed by atoms with Gasteiger partial charge in [0, 0.05) is 25.2 Å². The van der Waals surface area contributed by atoms with Crippen LogP contribution < -0.4 is 10.2 Å². The van der Waals surface area contributed by atoms with Crippen molar-refractivity contribution in [1.29, 1.82) is 0 Å². The number of anilines is 2. The topological polar surface area (TPSA) is 101 Å². The maximum Gasteiger partial charge on any atom is 0.278 e. The Morgan fingerprint density at radius 3 is 2.64 bits per heavy atom. The maximum absolute atomic E-state index is 12.8. The SMILES string of the molecule is Cc1onc(C(=O)Nc2ccc(N3CCCCC3)c3nonc23)c1CN(C)C. The second-order valence-electron chi connectivity index (χ2n) is 7.40. The van der Waals surface area contributed by atoms with E-state index in [9.17, 15) is 4.79 Å². The smallest absolute Gasteiger partial charge is 0.278 e. The molecule has 0 radical (unpaired) electrons. The molecular formula is C19H24N6O3. The molecule has 1 amide bonds. The number of carbonyl (C=O) groups is 1. The highest BCUT2D eigenvalue weighted by Gasteiger charge is 2.23. The van der Waals surface area contributed by atoms with Gasteiger partial charge in [-0.15, -0.1) is 0 Å². The number of piperidine rings is 1. The van der Waals surface area contributed by atoms with E-state index < -0.39 is 0 Å². The Morgan fingerprint density at radius 1 is 1.14 bits per heavy atom. The minimum atomic E-state index is -0.344. The molecule has 0 aliphatic carbocycles. The van der Waals surface area contributed by atoms with Gasteiger partial charge in [-0.1, -0.05) is 5.16 Å². The predicted octanol–water partition coefficient (Wildman–Crippen LogP) is 2.82. The van der Waals surface area contributed by atoms with Crippen LogP contribution in [0.3, 0.4) is 0 Å². The van der Waals surface area contributed by atoms with Crippen molar-refractivity contribution >= 4 is 28.3 Å². The number of rotatable bonds is 5. The van der Waals surface area contributed by atoms with Crippen LogP contribution in [0.1, 0.15) is 41.1 Å². The van der Waals surface area contributed by atoms with Crippen molar-refractivity contribution in [3.05, 3.63) is 29.2 Å². The van der Waals surface area contributed by atoms with Crippen molar-refractivity contribution in [2.24, 2.45) is 0 Å². The van der Waals surface area contributed by atoms with E-state index in [1.165, 1.54) is 6.42 Å². The van der Waals surface area contributed by atoms with Gasteiger partial charge in [0.1, 0.15) is 5.76 Å².